The Hall–Kier alpha value is 0.0700. The Morgan fingerprint density at radius 2 is 1.14 bits per heavy atom. The van der Waals surface area contributed by atoms with E-state index in [-0.39, 0.29) is 0 Å². The van der Waals surface area contributed by atoms with Crippen LogP contribution in [0.3, 0.4) is 0 Å². The van der Waals surface area contributed by atoms with Gasteiger partial charge in [-0.1, -0.05) is 90.4 Å². The van der Waals surface area contributed by atoms with Crippen LogP contribution in [0.2, 0.25) is 0 Å². The predicted octanol–water partition coefficient (Wildman–Crippen LogP) is 6.86. The van der Waals surface area contributed by atoms with E-state index in [9.17, 15) is 0 Å². The summed E-state index contributed by atoms with van der Waals surface area (Å²) in [6.07, 6.45) is 24.6. The molecule has 0 spiro atoms. The fourth-order valence-electron chi connectivity index (χ4n) is 3.09. The second kappa shape index (κ2) is 14.6. The summed E-state index contributed by atoms with van der Waals surface area (Å²) in [6.45, 7) is 4.59. The van der Waals surface area contributed by atoms with Crippen LogP contribution in [0.15, 0.2) is 12.4 Å². The summed E-state index contributed by atoms with van der Waals surface area (Å²) in [5.41, 5.74) is 0. The fraction of sp³-hybridized carbons (Fsp3) is 0.895. The molecule has 0 N–H and O–H groups in total. The van der Waals surface area contributed by atoms with E-state index in [4.69, 9.17) is 0 Å². The second-order valence-corrected chi connectivity index (χ2v) is 7.99. The summed E-state index contributed by atoms with van der Waals surface area (Å²) in [6, 6.07) is 0. The van der Waals surface area contributed by atoms with Crippen LogP contribution in [-0.4, -0.2) is 21.2 Å². The minimum atomic E-state index is 1.07. The van der Waals surface area contributed by atoms with Gasteiger partial charge in [0.25, 0.3) is 0 Å². The van der Waals surface area contributed by atoms with Crippen LogP contribution < -0.4 is 0 Å². The van der Waals surface area contributed by atoms with Gasteiger partial charge >= 0.3 is 0 Å². The topological polar surface area (TPSA) is 6.48 Å². The Labute approximate surface area is 153 Å². The molecule has 1 aliphatic rings. The Bertz CT molecular complexity index is 268. The molecule has 1 aliphatic heterocycles. The smallest absolute Gasteiger partial charge is 0.0987 e. The molecule has 1 heterocycles. The first-order valence-electron chi connectivity index (χ1n) is 9.67. The van der Waals surface area contributed by atoms with Crippen molar-refractivity contribution < 1.29 is 0 Å². The number of unbranched alkanes of at least 4 members (excludes halogenated alkanes) is 13. The van der Waals surface area contributed by atoms with E-state index in [1.807, 2.05) is 0 Å². The highest BCUT2D eigenvalue weighted by Gasteiger charge is 2.07. The molecule has 0 atom stereocenters. The van der Waals surface area contributed by atoms with Gasteiger partial charge in [-0.25, -0.2) is 0 Å². The van der Waals surface area contributed by atoms with Gasteiger partial charge in [0.2, 0.25) is 0 Å². The van der Waals surface area contributed by atoms with Gasteiger partial charge in [0.15, 0.2) is 0 Å². The van der Waals surface area contributed by atoms with Gasteiger partial charge in [0.1, 0.15) is 0 Å². The van der Waals surface area contributed by atoms with Crippen LogP contribution in [0.4, 0.5) is 0 Å². The lowest BCUT2D eigenvalue weighted by Crippen LogP contribution is -2.20. The maximum absolute atomic E-state index is 2.41. The first kappa shape index (κ1) is 20.1. The molecule has 0 radical (unpaired) electrons. The molecule has 130 valence electrons. The highest BCUT2D eigenvalue weighted by atomic mass is 127. The van der Waals surface area contributed by atoms with Crippen LogP contribution >= 0.6 is 22.9 Å². The number of halogens is 1. The standard InChI is InChI=1S/C19H37IN2/c1-2-3-4-5-6-7-8-9-10-11-12-13-14-15-16-21-17-18-22(20)19-21/h17-18H,2-16,19H2,1H3. The van der Waals surface area contributed by atoms with Crippen LogP contribution in [0.5, 0.6) is 0 Å². The van der Waals surface area contributed by atoms with Crippen LogP contribution in [0, 0.1) is 0 Å². The first-order valence-corrected chi connectivity index (χ1v) is 10.6. The van der Waals surface area contributed by atoms with Crippen molar-refractivity contribution in [3.8, 4) is 0 Å². The Balaban J connectivity index is 1.69. The van der Waals surface area contributed by atoms with Crippen molar-refractivity contribution in [1.82, 2.24) is 8.01 Å². The lowest BCUT2D eigenvalue weighted by Gasteiger charge is -2.16. The Morgan fingerprint density at radius 1 is 0.682 bits per heavy atom. The summed E-state index contributed by atoms with van der Waals surface area (Å²) in [5.74, 6) is 0. The molecule has 1 rings (SSSR count). The van der Waals surface area contributed by atoms with Gasteiger partial charge in [-0.2, -0.15) is 0 Å². The fourth-order valence-corrected chi connectivity index (χ4v) is 3.62. The lowest BCUT2D eigenvalue weighted by atomic mass is 10.0. The molecular formula is C19H37IN2. The molecule has 0 amide bonds. The average Bonchev–Trinajstić information content (AvgIpc) is 2.93. The molecule has 0 saturated heterocycles. The van der Waals surface area contributed by atoms with E-state index in [1.54, 1.807) is 0 Å². The van der Waals surface area contributed by atoms with E-state index in [0.717, 1.165) is 6.67 Å². The molecule has 0 bridgehead atoms. The Kier molecular flexibility index (Phi) is 13.4. The lowest BCUT2D eigenvalue weighted by molar-refractivity contribution is 0.345. The van der Waals surface area contributed by atoms with Crippen molar-refractivity contribution >= 4 is 22.9 Å². The van der Waals surface area contributed by atoms with Crippen molar-refractivity contribution in [3.63, 3.8) is 0 Å². The van der Waals surface area contributed by atoms with Gasteiger partial charge in [-0.3, -0.25) is 0 Å². The van der Waals surface area contributed by atoms with Crippen molar-refractivity contribution in [2.24, 2.45) is 0 Å². The van der Waals surface area contributed by atoms with Gasteiger partial charge in [-0.15, -0.1) is 0 Å². The van der Waals surface area contributed by atoms with Crippen molar-refractivity contribution in [1.29, 1.82) is 0 Å². The number of nitrogens with zero attached hydrogens (tertiary/aromatic N) is 2. The summed E-state index contributed by atoms with van der Waals surface area (Å²) < 4.78 is 2.21. The van der Waals surface area contributed by atoms with Crippen molar-refractivity contribution in [2.45, 2.75) is 96.8 Å². The molecule has 22 heavy (non-hydrogen) atoms. The van der Waals surface area contributed by atoms with Crippen LogP contribution in [0.1, 0.15) is 96.8 Å². The maximum Gasteiger partial charge on any atom is 0.0987 e. The third-order valence-corrected chi connectivity index (χ3v) is 5.18. The van der Waals surface area contributed by atoms with E-state index in [2.05, 4.69) is 50.2 Å². The molecule has 0 fully saturated rings. The molecule has 0 saturated carbocycles. The molecule has 2 nitrogen and oxygen atoms in total. The number of hydrogen-bond acceptors (Lipinski definition) is 2. The molecule has 0 aromatic rings. The normalized spacial score (nSPS) is 14.3. The number of rotatable bonds is 15. The van der Waals surface area contributed by atoms with Gasteiger partial charge in [0, 0.05) is 18.9 Å². The SMILES string of the molecule is CCCCCCCCCCCCCCCCN1C=CN(I)C1. The average molecular weight is 420 g/mol. The second-order valence-electron chi connectivity index (χ2n) is 6.75. The van der Waals surface area contributed by atoms with Gasteiger partial charge in [0.05, 0.1) is 29.5 Å². The monoisotopic (exact) mass is 420 g/mol. The highest BCUT2D eigenvalue weighted by Crippen LogP contribution is 2.14. The third kappa shape index (κ3) is 11.6. The van der Waals surface area contributed by atoms with Crippen molar-refractivity contribution in [2.75, 3.05) is 13.2 Å². The minimum absolute atomic E-state index is 1.07. The molecule has 3 heteroatoms. The zero-order valence-corrected chi connectivity index (χ0v) is 16.9. The molecule has 0 aromatic heterocycles. The maximum atomic E-state index is 2.41. The van der Waals surface area contributed by atoms with E-state index >= 15 is 0 Å². The van der Waals surface area contributed by atoms with Gasteiger partial charge in [-0.05, 0) is 6.42 Å². The minimum Gasteiger partial charge on any atom is -0.358 e. The summed E-state index contributed by atoms with van der Waals surface area (Å²) in [4.78, 5) is 2.41. The van der Waals surface area contributed by atoms with Gasteiger partial charge < -0.3 is 8.01 Å². The number of hydrogen-bond donors (Lipinski definition) is 0. The highest BCUT2D eigenvalue weighted by molar-refractivity contribution is 14.1. The Morgan fingerprint density at radius 3 is 1.55 bits per heavy atom. The molecular weight excluding hydrogens is 383 g/mol. The molecule has 0 aromatic carbocycles. The van der Waals surface area contributed by atoms with Crippen molar-refractivity contribution in [3.05, 3.63) is 12.4 Å². The zero-order valence-electron chi connectivity index (χ0n) is 14.7. The van der Waals surface area contributed by atoms with E-state index < -0.39 is 0 Å². The summed E-state index contributed by atoms with van der Waals surface area (Å²) in [5, 5.41) is 0. The largest absolute Gasteiger partial charge is 0.358 e. The van der Waals surface area contributed by atoms with E-state index in [1.165, 1.54) is 96.4 Å². The zero-order chi connectivity index (χ0) is 15.9. The van der Waals surface area contributed by atoms with E-state index in [0.29, 0.717) is 0 Å². The quantitative estimate of drug-likeness (QED) is 0.162. The third-order valence-electron chi connectivity index (χ3n) is 4.55. The summed E-state index contributed by atoms with van der Waals surface area (Å²) in [7, 11) is 0. The van der Waals surface area contributed by atoms with Crippen LogP contribution in [-0.2, 0) is 0 Å². The van der Waals surface area contributed by atoms with Crippen LogP contribution in [0.25, 0.3) is 0 Å². The first-order chi connectivity index (χ1) is 10.8. The molecule has 0 unspecified atom stereocenters. The summed E-state index contributed by atoms with van der Waals surface area (Å²) >= 11 is 2.35. The predicted molar refractivity (Wildman–Crippen MR) is 107 cm³/mol. The molecule has 0 aliphatic carbocycles.